The SMILES string of the molecule is CCCCN(C(=O)C[C@H]1C[C@@H]2CC[C@@H]1C2)c1c(N)n(Cc2ccccc2)c(=O)[nH]c1=O. The number of aromatic amines is 1. The highest BCUT2D eigenvalue weighted by molar-refractivity contribution is 5.95. The molecule has 0 unspecified atom stereocenters. The van der Waals surface area contributed by atoms with Gasteiger partial charge in [-0.2, -0.15) is 0 Å². The fraction of sp³-hybridized carbons (Fsp3) is 0.542. The lowest BCUT2D eigenvalue weighted by Crippen LogP contribution is -2.42. The number of hydrogen-bond donors (Lipinski definition) is 2. The molecule has 0 radical (unpaired) electrons. The van der Waals surface area contributed by atoms with Crippen LogP contribution in [0.3, 0.4) is 0 Å². The monoisotopic (exact) mass is 424 g/mol. The fourth-order valence-electron chi connectivity index (χ4n) is 5.40. The van der Waals surface area contributed by atoms with E-state index in [1.165, 1.54) is 28.7 Å². The zero-order chi connectivity index (χ0) is 22.0. The summed E-state index contributed by atoms with van der Waals surface area (Å²) in [6.45, 7) is 2.70. The maximum atomic E-state index is 13.4. The normalized spacial score (nSPS) is 22.0. The van der Waals surface area contributed by atoms with Crippen LogP contribution in [0.5, 0.6) is 0 Å². The van der Waals surface area contributed by atoms with Gasteiger partial charge >= 0.3 is 5.69 Å². The van der Waals surface area contributed by atoms with E-state index >= 15 is 0 Å². The highest BCUT2D eigenvalue weighted by atomic mass is 16.2. The number of nitrogen functional groups attached to an aromatic ring is 1. The summed E-state index contributed by atoms with van der Waals surface area (Å²) in [5, 5.41) is 0. The Balaban J connectivity index is 1.65. The third kappa shape index (κ3) is 4.45. The van der Waals surface area contributed by atoms with Crippen LogP contribution in [-0.2, 0) is 11.3 Å². The van der Waals surface area contributed by atoms with Gasteiger partial charge < -0.3 is 10.6 Å². The van der Waals surface area contributed by atoms with Crippen molar-refractivity contribution in [3.8, 4) is 0 Å². The van der Waals surface area contributed by atoms with E-state index in [0.717, 1.165) is 30.7 Å². The van der Waals surface area contributed by atoms with Gasteiger partial charge in [0.15, 0.2) is 5.69 Å². The summed E-state index contributed by atoms with van der Waals surface area (Å²) in [6, 6.07) is 9.46. The lowest BCUT2D eigenvalue weighted by molar-refractivity contribution is -0.119. The maximum Gasteiger partial charge on any atom is 0.330 e. The van der Waals surface area contributed by atoms with Crippen LogP contribution in [0.15, 0.2) is 39.9 Å². The third-order valence-electron chi connectivity index (χ3n) is 7.03. The van der Waals surface area contributed by atoms with Crippen molar-refractivity contribution in [2.24, 2.45) is 17.8 Å². The van der Waals surface area contributed by atoms with Crippen molar-refractivity contribution in [1.29, 1.82) is 0 Å². The van der Waals surface area contributed by atoms with E-state index in [4.69, 9.17) is 5.73 Å². The number of carbonyl (C=O) groups excluding carboxylic acids is 1. The summed E-state index contributed by atoms with van der Waals surface area (Å²) in [7, 11) is 0. The predicted molar refractivity (Wildman–Crippen MR) is 122 cm³/mol. The molecule has 1 heterocycles. The number of nitrogens with one attached hydrogen (secondary N) is 1. The van der Waals surface area contributed by atoms with Crippen LogP contribution in [0.4, 0.5) is 11.5 Å². The van der Waals surface area contributed by atoms with Crippen molar-refractivity contribution in [1.82, 2.24) is 9.55 Å². The van der Waals surface area contributed by atoms with Crippen LogP contribution in [0.2, 0.25) is 0 Å². The van der Waals surface area contributed by atoms with E-state index in [-0.39, 0.29) is 24.0 Å². The Hall–Kier alpha value is -2.83. The van der Waals surface area contributed by atoms with E-state index < -0.39 is 11.2 Å². The molecule has 1 amide bonds. The summed E-state index contributed by atoms with van der Waals surface area (Å²) in [5.74, 6) is 1.77. The summed E-state index contributed by atoms with van der Waals surface area (Å²) in [4.78, 5) is 42.6. The van der Waals surface area contributed by atoms with Gasteiger partial charge in [0.05, 0.1) is 6.54 Å². The van der Waals surface area contributed by atoms with E-state index in [1.807, 2.05) is 37.3 Å². The number of amides is 1. The molecule has 2 fully saturated rings. The molecule has 3 N–H and O–H groups in total. The zero-order valence-electron chi connectivity index (χ0n) is 18.2. The molecule has 2 aliphatic rings. The number of hydrogen-bond acceptors (Lipinski definition) is 4. The number of anilines is 2. The molecule has 2 aromatic rings. The first-order valence-electron chi connectivity index (χ1n) is 11.4. The Morgan fingerprint density at radius 1 is 1.19 bits per heavy atom. The molecule has 0 saturated heterocycles. The summed E-state index contributed by atoms with van der Waals surface area (Å²) >= 11 is 0. The molecule has 1 aromatic heterocycles. The number of unbranched alkanes of at least 4 members (excludes halogenated alkanes) is 1. The minimum Gasteiger partial charge on any atom is -0.383 e. The van der Waals surface area contributed by atoms with Gasteiger partial charge in [-0.3, -0.25) is 19.1 Å². The second-order valence-corrected chi connectivity index (χ2v) is 9.10. The molecule has 2 saturated carbocycles. The van der Waals surface area contributed by atoms with Gasteiger partial charge in [0.1, 0.15) is 5.82 Å². The zero-order valence-corrected chi connectivity index (χ0v) is 18.2. The number of nitrogens with zero attached hydrogens (tertiary/aromatic N) is 2. The van der Waals surface area contributed by atoms with Crippen molar-refractivity contribution in [3.63, 3.8) is 0 Å². The van der Waals surface area contributed by atoms with Gasteiger partial charge in [-0.15, -0.1) is 0 Å². The van der Waals surface area contributed by atoms with Crippen LogP contribution in [-0.4, -0.2) is 22.0 Å². The maximum absolute atomic E-state index is 13.4. The first-order valence-corrected chi connectivity index (χ1v) is 11.4. The quantitative estimate of drug-likeness (QED) is 0.680. The third-order valence-corrected chi connectivity index (χ3v) is 7.03. The van der Waals surface area contributed by atoms with Gasteiger partial charge in [0.2, 0.25) is 5.91 Å². The largest absolute Gasteiger partial charge is 0.383 e. The lowest BCUT2D eigenvalue weighted by Gasteiger charge is -2.28. The number of rotatable bonds is 8. The number of aromatic nitrogens is 2. The van der Waals surface area contributed by atoms with Crippen LogP contribution < -0.4 is 21.9 Å². The van der Waals surface area contributed by atoms with Crippen LogP contribution in [0, 0.1) is 17.8 Å². The van der Waals surface area contributed by atoms with Gasteiger partial charge in [0, 0.05) is 13.0 Å². The van der Waals surface area contributed by atoms with Crippen LogP contribution >= 0.6 is 0 Å². The van der Waals surface area contributed by atoms with Crippen molar-refractivity contribution >= 4 is 17.4 Å². The standard InChI is InChI=1S/C24H32N4O3/c1-2-3-11-27(20(29)14-19-13-17-9-10-18(19)12-17)21-22(25)28(24(31)26-23(21)30)15-16-7-5-4-6-8-16/h4-8,17-19H,2-3,9-15,25H2,1H3,(H,26,30,31)/t17-,18-,19-/m1/s1. The smallest absolute Gasteiger partial charge is 0.330 e. The Kier molecular flexibility index (Phi) is 6.30. The molecular weight excluding hydrogens is 392 g/mol. The van der Waals surface area contributed by atoms with Gasteiger partial charge in [-0.25, -0.2) is 4.79 Å². The number of H-pyrrole nitrogens is 1. The number of carbonyl (C=O) groups is 1. The Bertz CT molecular complexity index is 1040. The van der Waals surface area contributed by atoms with Gasteiger partial charge in [-0.1, -0.05) is 50.1 Å². The molecule has 166 valence electrons. The molecular formula is C24H32N4O3. The Labute approximate surface area is 182 Å². The van der Waals surface area contributed by atoms with Gasteiger partial charge in [0.25, 0.3) is 5.56 Å². The average Bonchev–Trinajstić information content (AvgIpc) is 3.37. The van der Waals surface area contributed by atoms with Gasteiger partial charge in [-0.05, 0) is 49.0 Å². The summed E-state index contributed by atoms with van der Waals surface area (Å²) in [5.41, 5.74) is 6.20. The summed E-state index contributed by atoms with van der Waals surface area (Å²) in [6.07, 6.45) is 6.93. The highest BCUT2D eigenvalue weighted by Gasteiger charge is 2.41. The molecule has 31 heavy (non-hydrogen) atoms. The molecule has 2 bridgehead atoms. The van der Waals surface area contributed by atoms with Crippen molar-refractivity contribution in [2.75, 3.05) is 17.2 Å². The van der Waals surface area contributed by atoms with E-state index in [0.29, 0.717) is 24.8 Å². The van der Waals surface area contributed by atoms with E-state index in [9.17, 15) is 14.4 Å². The highest BCUT2D eigenvalue weighted by Crippen LogP contribution is 2.49. The molecule has 7 heteroatoms. The molecule has 3 atom stereocenters. The number of benzene rings is 1. The minimum atomic E-state index is -0.593. The van der Waals surface area contributed by atoms with Crippen LogP contribution in [0.1, 0.15) is 57.4 Å². The predicted octanol–water partition coefficient (Wildman–Crippen LogP) is 3.13. The van der Waals surface area contributed by atoms with Crippen molar-refractivity contribution in [3.05, 3.63) is 56.7 Å². The molecule has 4 rings (SSSR count). The second-order valence-electron chi connectivity index (χ2n) is 9.10. The Morgan fingerprint density at radius 3 is 2.61 bits per heavy atom. The molecule has 0 spiro atoms. The fourth-order valence-corrected chi connectivity index (χ4v) is 5.40. The second kappa shape index (κ2) is 9.12. The van der Waals surface area contributed by atoms with Crippen molar-refractivity contribution in [2.45, 2.75) is 58.4 Å². The molecule has 2 aliphatic carbocycles. The van der Waals surface area contributed by atoms with E-state index in [2.05, 4.69) is 4.98 Å². The molecule has 7 nitrogen and oxygen atoms in total. The topological polar surface area (TPSA) is 101 Å². The first kappa shape index (κ1) is 21.4. The minimum absolute atomic E-state index is 0.0509. The molecule has 0 aliphatic heterocycles. The first-order chi connectivity index (χ1) is 15.0. The average molecular weight is 425 g/mol. The number of nitrogens with two attached hydrogens (primary N) is 1. The van der Waals surface area contributed by atoms with Crippen molar-refractivity contribution < 1.29 is 4.79 Å². The molecule has 1 aromatic carbocycles. The number of fused-ring (bicyclic) bond motifs is 2. The summed E-state index contributed by atoms with van der Waals surface area (Å²) < 4.78 is 1.34. The Morgan fingerprint density at radius 2 is 1.97 bits per heavy atom. The lowest BCUT2D eigenvalue weighted by atomic mass is 9.86. The van der Waals surface area contributed by atoms with E-state index in [1.54, 1.807) is 0 Å². The van der Waals surface area contributed by atoms with Crippen LogP contribution in [0.25, 0.3) is 0 Å².